The zero-order valence-corrected chi connectivity index (χ0v) is 15.8. The number of ether oxygens (including phenoxy) is 1. The van der Waals surface area contributed by atoms with E-state index in [0.717, 1.165) is 31.4 Å². The summed E-state index contributed by atoms with van der Waals surface area (Å²) in [6.07, 6.45) is 3.62. The third kappa shape index (κ3) is 3.45. The number of sulfone groups is 1. The number of benzene rings is 2. The van der Waals surface area contributed by atoms with Crippen molar-refractivity contribution >= 4 is 33.1 Å². The van der Waals surface area contributed by atoms with E-state index in [1.54, 1.807) is 36.5 Å². The number of hydrogen-bond donors (Lipinski definition) is 2. The smallest absolute Gasteiger partial charge is 0.208 e. The molecule has 0 aliphatic carbocycles. The number of nitrogens with one attached hydrogen (secondary N) is 2. The molecule has 0 unspecified atom stereocenters. The van der Waals surface area contributed by atoms with E-state index in [0.29, 0.717) is 16.0 Å². The van der Waals surface area contributed by atoms with Crippen LogP contribution in [0, 0.1) is 0 Å². The highest BCUT2D eigenvalue weighted by Crippen LogP contribution is 2.33. The van der Waals surface area contributed by atoms with Crippen LogP contribution < -0.4 is 10.1 Å². The molecule has 2 aromatic carbocycles. The van der Waals surface area contributed by atoms with Gasteiger partial charge in [0.25, 0.3) is 0 Å². The van der Waals surface area contributed by atoms with Gasteiger partial charge < -0.3 is 15.0 Å². The van der Waals surface area contributed by atoms with Gasteiger partial charge in [-0.1, -0.05) is 30.3 Å². The number of hydrogen-bond acceptors (Lipinski definition) is 4. The van der Waals surface area contributed by atoms with Crippen LogP contribution in [-0.2, 0) is 9.84 Å². The van der Waals surface area contributed by atoms with Gasteiger partial charge in [0.15, 0.2) is 0 Å². The van der Waals surface area contributed by atoms with Gasteiger partial charge in [-0.15, -0.1) is 12.4 Å². The van der Waals surface area contributed by atoms with E-state index in [2.05, 4.69) is 10.3 Å². The minimum absolute atomic E-state index is 0. The highest BCUT2D eigenvalue weighted by Gasteiger charge is 2.23. The summed E-state index contributed by atoms with van der Waals surface area (Å²) in [6, 6.07) is 14.0. The molecule has 1 aliphatic rings. The lowest BCUT2D eigenvalue weighted by atomic mass is 10.1. The van der Waals surface area contributed by atoms with Crippen molar-refractivity contribution in [2.24, 2.45) is 0 Å². The molecule has 2 N–H and O–H groups in total. The Bertz CT molecular complexity index is 980. The molecule has 1 aliphatic heterocycles. The number of aromatic amines is 1. The Morgan fingerprint density at radius 3 is 2.42 bits per heavy atom. The van der Waals surface area contributed by atoms with Crippen LogP contribution in [0.4, 0.5) is 0 Å². The molecule has 0 bridgehead atoms. The van der Waals surface area contributed by atoms with Crippen LogP contribution in [0.1, 0.15) is 12.8 Å². The molecule has 1 saturated heterocycles. The van der Waals surface area contributed by atoms with Gasteiger partial charge in [0.2, 0.25) is 9.84 Å². The fourth-order valence-corrected chi connectivity index (χ4v) is 4.68. The van der Waals surface area contributed by atoms with Gasteiger partial charge >= 0.3 is 0 Å². The van der Waals surface area contributed by atoms with Gasteiger partial charge in [-0.3, -0.25) is 0 Å². The van der Waals surface area contributed by atoms with Gasteiger partial charge in [0.1, 0.15) is 11.9 Å². The molecule has 1 fully saturated rings. The third-order valence-electron chi connectivity index (χ3n) is 4.56. The predicted octanol–water partition coefficient (Wildman–Crippen LogP) is 3.55. The molecule has 0 saturated carbocycles. The number of piperidine rings is 1. The van der Waals surface area contributed by atoms with Crippen LogP contribution in [0.3, 0.4) is 0 Å². The zero-order chi connectivity index (χ0) is 17.3. The van der Waals surface area contributed by atoms with Gasteiger partial charge in [-0.05, 0) is 44.1 Å². The average molecular weight is 393 g/mol. The molecule has 4 rings (SSSR count). The fraction of sp³-hybridized carbons (Fsp3) is 0.263. The second-order valence-corrected chi connectivity index (χ2v) is 8.13. The van der Waals surface area contributed by atoms with Crippen molar-refractivity contribution < 1.29 is 13.2 Å². The zero-order valence-electron chi connectivity index (χ0n) is 14.1. The minimum atomic E-state index is -3.57. The predicted molar refractivity (Wildman–Crippen MR) is 104 cm³/mol. The van der Waals surface area contributed by atoms with Crippen LogP contribution in [0.25, 0.3) is 10.9 Å². The van der Waals surface area contributed by atoms with Crippen LogP contribution in [0.15, 0.2) is 64.5 Å². The average Bonchev–Trinajstić information content (AvgIpc) is 3.09. The Morgan fingerprint density at radius 1 is 0.962 bits per heavy atom. The summed E-state index contributed by atoms with van der Waals surface area (Å²) < 4.78 is 32.0. The summed E-state index contributed by atoms with van der Waals surface area (Å²) in [5, 5.41) is 3.98. The molecular formula is C19H21ClN2O3S. The van der Waals surface area contributed by atoms with Crippen molar-refractivity contribution in [1.82, 2.24) is 10.3 Å². The maximum absolute atomic E-state index is 12.9. The quantitative estimate of drug-likeness (QED) is 0.712. The number of halogens is 1. The summed E-state index contributed by atoms with van der Waals surface area (Å²) in [5.41, 5.74) is 0.732. The maximum atomic E-state index is 12.9. The van der Waals surface area contributed by atoms with E-state index in [9.17, 15) is 8.42 Å². The number of aromatic nitrogens is 1. The number of H-pyrrole nitrogens is 1. The van der Waals surface area contributed by atoms with Crippen molar-refractivity contribution in [1.29, 1.82) is 0 Å². The van der Waals surface area contributed by atoms with Crippen LogP contribution in [-0.4, -0.2) is 32.6 Å². The minimum Gasteiger partial charge on any atom is -0.488 e. The van der Waals surface area contributed by atoms with Gasteiger partial charge in [-0.25, -0.2) is 8.42 Å². The molecule has 138 valence electrons. The van der Waals surface area contributed by atoms with Crippen LogP contribution in [0.5, 0.6) is 5.75 Å². The van der Waals surface area contributed by atoms with Gasteiger partial charge in [-0.2, -0.15) is 0 Å². The maximum Gasteiger partial charge on any atom is 0.208 e. The molecule has 5 nitrogen and oxygen atoms in total. The Hall–Kier alpha value is -2.02. The third-order valence-corrected chi connectivity index (χ3v) is 6.37. The van der Waals surface area contributed by atoms with Gasteiger partial charge in [0.05, 0.1) is 15.3 Å². The summed E-state index contributed by atoms with van der Waals surface area (Å²) in [6.45, 7) is 1.89. The second kappa shape index (κ2) is 7.70. The lowest BCUT2D eigenvalue weighted by Gasteiger charge is -2.24. The first kappa shape index (κ1) is 18.8. The molecule has 0 radical (unpaired) electrons. The molecule has 0 atom stereocenters. The standard InChI is InChI=1S/C19H20N2O3S.ClH/c22-25(23,15-5-2-1-3-6-15)18-13-21-19-16(18)7-4-8-17(19)24-14-9-11-20-12-10-14;/h1-8,13-14,20-21H,9-12H2;1H. The van der Waals surface area contributed by atoms with E-state index >= 15 is 0 Å². The molecule has 1 aromatic heterocycles. The van der Waals surface area contributed by atoms with Crippen molar-refractivity contribution in [2.45, 2.75) is 28.7 Å². The monoisotopic (exact) mass is 392 g/mol. The first-order valence-electron chi connectivity index (χ1n) is 8.44. The molecule has 26 heavy (non-hydrogen) atoms. The normalized spacial score (nSPS) is 15.5. The largest absolute Gasteiger partial charge is 0.488 e. The molecular weight excluding hydrogens is 372 g/mol. The Kier molecular flexibility index (Phi) is 5.55. The molecule has 0 amide bonds. The molecule has 2 heterocycles. The molecule has 3 aromatic rings. The second-order valence-electron chi connectivity index (χ2n) is 6.22. The highest BCUT2D eigenvalue weighted by molar-refractivity contribution is 7.91. The summed E-state index contributed by atoms with van der Waals surface area (Å²) in [4.78, 5) is 3.68. The SMILES string of the molecule is Cl.O=S(=O)(c1ccccc1)c1c[nH]c2c(OC3CCNCC3)cccc12. The summed E-state index contributed by atoms with van der Waals surface area (Å²) >= 11 is 0. The molecule has 0 spiro atoms. The fourth-order valence-electron chi connectivity index (χ4n) is 3.24. The van der Waals surface area contributed by atoms with E-state index in [1.807, 2.05) is 18.2 Å². The van der Waals surface area contributed by atoms with Crippen molar-refractivity contribution in [3.05, 3.63) is 54.7 Å². The number of rotatable bonds is 4. The van der Waals surface area contributed by atoms with Crippen LogP contribution in [0.2, 0.25) is 0 Å². The summed E-state index contributed by atoms with van der Waals surface area (Å²) in [5.74, 6) is 0.707. The topological polar surface area (TPSA) is 71.2 Å². The van der Waals surface area contributed by atoms with E-state index < -0.39 is 9.84 Å². The highest BCUT2D eigenvalue weighted by atomic mass is 35.5. The lowest BCUT2D eigenvalue weighted by Crippen LogP contribution is -2.34. The van der Waals surface area contributed by atoms with Crippen molar-refractivity contribution in [3.8, 4) is 5.75 Å². The Labute approximate surface area is 159 Å². The Balaban J connectivity index is 0.00000196. The first-order chi connectivity index (χ1) is 12.2. The van der Waals surface area contributed by atoms with Crippen molar-refractivity contribution in [2.75, 3.05) is 13.1 Å². The molecule has 7 heteroatoms. The first-order valence-corrected chi connectivity index (χ1v) is 9.92. The summed E-state index contributed by atoms with van der Waals surface area (Å²) in [7, 11) is -3.57. The number of fused-ring (bicyclic) bond motifs is 1. The lowest BCUT2D eigenvalue weighted by molar-refractivity contribution is 0.164. The van der Waals surface area contributed by atoms with Crippen LogP contribution >= 0.6 is 12.4 Å². The van der Waals surface area contributed by atoms with E-state index in [1.165, 1.54) is 0 Å². The Morgan fingerprint density at radius 2 is 1.69 bits per heavy atom. The van der Waals surface area contributed by atoms with Gasteiger partial charge in [0, 0.05) is 11.6 Å². The van der Waals surface area contributed by atoms with E-state index in [-0.39, 0.29) is 23.4 Å². The van der Waals surface area contributed by atoms with E-state index in [4.69, 9.17) is 4.74 Å². The van der Waals surface area contributed by atoms with Crippen molar-refractivity contribution in [3.63, 3.8) is 0 Å². The number of para-hydroxylation sites is 1.